The van der Waals surface area contributed by atoms with Crippen molar-refractivity contribution in [1.82, 2.24) is 5.43 Å². The van der Waals surface area contributed by atoms with Gasteiger partial charge in [0.1, 0.15) is 16.8 Å². The van der Waals surface area contributed by atoms with Gasteiger partial charge in [0.05, 0.1) is 5.56 Å². The number of nitriles is 1. The minimum absolute atomic E-state index is 0.0786. The van der Waals surface area contributed by atoms with E-state index in [9.17, 15) is 19.6 Å². The van der Waals surface area contributed by atoms with Gasteiger partial charge in [0.2, 0.25) is 5.91 Å². The van der Waals surface area contributed by atoms with Gasteiger partial charge in [0, 0.05) is 17.7 Å². The lowest BCUT2D eigenvalue weighted by Crippen LogP contribution is -2.32. The minimum Gasteiger partial charge on any atom is -0.451 e. The van der Waals surface area contributed by atoms with E-state index in [0.717, 1.165) is 29.7 Å². The first-order valence-electron chi connectivity index (χ1n) is 9.56. The number of carbonyl (C=O) groups is 3. The van der Waals surface area contributed by atoms with Crippen LogP contribution in [0.15, 0.2) is 5.10 Å². The Labute approximate surface area is 173 Å². The second-order valence-corrected chi connectivity index (χ2v) is 9.45. The molecular weight excluding hydrogens is 392 g/mol. The van der Waals surface area contributed by atoms with Crippen LogP contribution in [0.2, 0.25) is 0 Å². The number of ether oxygens (including phenoxy) is 1. The third kappa shape index (κ3) is 4.82. The predicted octanol–water partition coefficient (Wildman–Crippen LogP) is 2.52. The Morgan fingerprint density at radius 1 is 1.34 bits per heavy atom. The molecule has 29 heavy (non-hydrogen) atoms. The fourth-order valence-corrected chi connectivity index (χ4v) is 4.82. The maximum absolute atomic E-state index is 12.3. The quantitative estimate of drug-likeness (QED) is 0.731. The first-order valence-corrected chi connectivity index (χ1v) is 10.4. The fourth-order valence-electron chi connectivity index (χ4n) is 3.53. The molecule has 0 saturated heterocycles. The first kappa shape index (κ1) is 21.0. The molecule has 9 heteroatoms. The molecule has 0 aromatic carbocycles. The van der Waals surface area contributed by atoms with Crippen LogP contribution in [-0.4, -0.2) is 30.1 Å². The van der Waals surface area contributed by atoms with Crippen molar-refractivity contribution in [3.63, 3.8) is 0 Å². The van der Waals surface area contributed by atoms with Gasteiger partial charge in [-0.3, -0.25) is 9.59 Å². The minimum atomic E-state index is -0.737. The molecule has 2 N–H and O–H groups in total. The van der Waals surface area contributed by atoms with Crippen molar-refractivity contribution in [2.24, 2.45) is 16.4 Å². The highest BCUT2D eigenvalue weighted by atomic mass is 32.1. The summed E-state index contributed by atoms with van der Waals surface area (Å²) in [4.78, 5) is 36.4. The Morgan fingerprint density at radius 3 is 2.72 bits per heavy atom. The lowest BCUT2D eigenvalue weighted by Gasteiger charge is -2.33. The Bertz CT molecular complexity index is 920. The number of carbonyl (C=O) groups excluding carboxylic acids is 3. The third-order valence-corrected chi connectivity index (χ3v) is 6.50. The van der Waals surface area contributed by atoms with Crippen molar-refractivity contribution in [2.45, 2.75) is 52.9 Å². The number of hydrogen-bond acceptors (Lipinski definition) is 7. The zero-order chi connectivity index (χ0) is 21.2. The van der Waals surface area contributed by atoms with E-state index in [4.69, 9.17) is 4.74 Å². The summed E-state index contributed by atoms with van der Waals surface area (Å²) in [6.07, 6.45) is 3.08. The van der Waals surface area contributed by atoms with E-state index in [1.807, 2.05) is 0 Å². The van der Waals surface area contributed by atoms with Gasteiger partial charge in [-0.2, -0.15) is 10.4 Å². The molecule has 0 radical (unpaired) electrons. The standard InChI is InChI=1S/C20H24N4O4S/c1-20(2,3)11-4-5-12-13(9-21)18(29-15(12)8-11)22-17(26)10-28-19(27)14-6-7-16(25)24-23-14/h11H,4-8,10H2,1-3H3,(H,22,26)(H,24,25)/t11-/m1/s1. The van der Waals surface area contributed by atoms with E-state index in [1.165, 1.54) is 11.3 Å². The molecule has 1 aromatic heterocycles. The molecule has 8 nitrogen and oxygen atoms in total. The molecule has 1 aliphatic carbocycles. The highest BCUT2D eigenvalue weighted by molar-refractivity contribution is 7.16. The molecule has 1 atom stereocenters. The number of hydrogen-bond donors (Lipinski definition) is 2. The summed E-state index contributed by atoms with van der Waals surface area (Å²) in [5.74, 6) is -0.986. The van der Waals surface area contributed by atoms with Crippen molar-refractivity contribution in [3.05, 3.63) is 16.0 Å². The van der Waals surface area contributed by atoms with Crippen LogP contribution in [-0.2, 0) is 32.0 Å². The number of hydrazone groups is 1. The van der Waals surface area contributed by atoms with Gasteiger partial charge in [0.25, 0.3) is 5.91 Å². The van der Waals surface area contributed by atoms with Gasteiger partial charge in [-0.15, -0.1) is 11.3 Å². The normalized spacial score (nSPS) is 18.8. The van der Waals surface area contributed by atoms with Crippen LogP contribution in [0.5, 0.6) is 0 Å². The van der Waals surface area contributed by atoms with Crippen molar-refractivity contribution in [2.75, 3.05) is 11.9 Å². The van der Waals surface area contributed by atoms with E-state index in [2.05, 4.69) is 42.7 Å². The second kappa shape index (κ2) is 8.33. The Hall–Kier alpha value is -2.73. The van der Waals surface area contributed by atoms with E-state index < -0.39 is 18.5 Å². The lowest BCUT2D eigenvalue weighted by molar-refractivity contribution is -0.140. The zero-order valence-corrected chi connectivity index (χ0v) is 17.6. The molecular formula is C20H24N4O4S. The van der Waals surface area contributed by atoms with Crippen LogP contribution in [0.1, 0.15) is 56.0 Å². The largest absolute Gasteiger partial charge is 0.451 e. The van der Waals surface area contributed by atoms with E-state index in [-0.39, 0.29) is 29.9 Å². The molecule has 0 unspecified atom stereocenters. The van der Waals surface area contributed by atoms with Crippen LogP contribution in [0.25, 0.3) is 0 Å². The number of nitrogens with zero attached hydrogens (tertiary/aromatic N) is 2. The molecule has 2 amide bonds. The average Bonchev–Trinajstić information content (AvgIpc) is 3.02. The van der Waals surface area contributed by atoms with Crippen molar-refractivity contribution < 1.29 is 19.1 Å². The number of rotatable bonds is 4. The van der Waals surface area contributed by atoms with E-state index >= 15 is 0 Å². The maximum atomic E-state index is 12.3. The van der Waals surface area contributed by atoms with Gasteiger partial charge in [0.15, 0.2) is 6.61 Å². The summed E-state index contributed by atoms with van der Waals surface area (Å²) in [6, 6.07) is 2.21. The van der Waals surface area contributed by atoms with Gasteiger partial charge in [-0.05, 0) is 36.2 Å². The Kier molecular flexibility index (Phi) is 6.03. The summed E-state index contributed by atoms with van der Waals surface area (Å²) in [5.41, 5.74) is 4.01. The topological polar surface area (TPSA) is 121 Å². The lowest BCUT2D eigenvalue weighted by atomic mass is 9.72. The first-order chi connectivity index (χ1) is 13.7. The molecule has 0 saturated carbocycles. The number of esters is 1. The highest BCUT2D eigenvalue weighted by Gasteiger charge is 2.32. The molecule has 1 aromatic rings. The molecule has 0 fully saturated rings. The van der Waals surface area contributed by atoms with Gasteiger partial charge < -0.3 is 10.1 Å². The highest BCUT2D eigenvalue weighted by Crippen LogP contribution is 2.43. The van der Waals surface area contributed by atoms with Gasteiger partial charge in [-0.25, -0.2) is 10.2 Å². The number of amides is 2. The summed E-state index contributed by atoms with van der Waals surface area (Å²) in [6.45, 7) is 6.19. The monoisotopic (exact) mass is 416 g/mol. The molecule has 0 spiro atoms. The summed E-state index contributed by atoms with van der Waals surface area (Å²) >= 11 is 1.43. The van der Waals surface area contributed by atoms with Crippen LogP contribution in [0.4, 0.5) is 5.00 Å². The zero-order valence-electron chi connectivity index (χ0n) is 16.8. The maximum Gasteiger partial charge on any atom is 0.355 e. The van der Waals surface area contributed by atoms with E-state index in [1.54, 1.807) is 0 Å². The summed E-state index contributed by atoms with van der Waals surface area (Å²) in [7, 11) is 0. The molecule has 0 bridgehead atoms. The van der Waals surface area contributed by atoms with Gasteiger partial charge >= 0.3 is 5.97 Å². The smallest absolute Gasteiger partial charge is 0.355 e. The Morgan fingerprint density at radius 2 is 2.10 bits per heavy atom. The van der Waals surface area contributed by atoms with Crippen LogP contribution in [0, 0.1) is 22.7 Å². The molecule has 2 aliphatic rings. The summed E-state index contributed by atoms with van der Waals surface area (Å²) < 4.78 is 4.98. The number of anilines is 1. The predicted molar refractivity (Wildman–Crippen MR) is 108 cm³/mol. The third-order valence-electron chi connectivity index (χ3n) is 5.33. The SMILES string of the molecule is CC(C)(C)[C@@H]1CCc2c(sc(NC(=O)COC(=O)C3=NNC(=O)CC3)c2C#N)C1. The van der Waals surface area contributed by atoms with Crippen molar-refractivity contribution in [3.8, 4) is 6.07 Å². The van der Waals surface area contributed by atoms with Crippen LogP contribution in [0.3, 0.4) is 0 Å². The van der Waals surface area contributed by atoms with Crippen LogP contribution < -0.4 is 10.7 Å². The second-order valence-electron chi connectivity index (χ2n) is 8.34. The number of fused-ring (bicyclic) bond motifs is 1. The average molecular weight is 417 g/mol. The van der Waals surface area contributed by atoms with Gasteiger partial charge in [-0.1, -0.05) is 20.8 Å². The number of thiophene rings is 1. The van der Waals surface area contributed by atoms with E-state index in [0.29, 0.717) is 16.5 Å². The molecule has 154 valence electrons. The van der Waals surface area contributed by atoms with Crippen LogP contribution >= 0.6 is 11.3 Å². The van der Waals surface area contributed by atoms with Crippen molar-refractivity contribution in [1.29, 1.82) is 5.26 Å². The van der Waals surface area contributed by atoms with Crippen molar-refractivity contribution >= 4 is 39.8 Å². The molecule has 3 rings (SSSR count). The number of nitrogens with one attached hydrogen (secondary N) is 2. The molecule has 1 aliphatic heterocycles. The fraction of sp³-hybridized carbons (Fsp3) is 0.550. The summed E-state index contributed by atoms with van der Waals surface area (Å²) in [5, 5.41) is 16.4. The Balaban J connectivity index is 1.62. The molecule has 2 heterocycles.